The molecular weight excluding hydrogens is 531 g/mol. The molecule has 1 radical (unpaired) electrons. The Morgan fingerprint density at radius 1 is 0.842 bits per heavy atom. The second-order valence-electron chi connectivity index (χ2n) is 8.79. The molecule has 0 aromatic heterocycles. The van der Waals surface area contributed by atoms with Gasteiger partial charge in [0.05, 0.1) is 22.5 Å². The number of nitrogens with two attached hydrogens (primary N) is 1. The zero-order chi connectivity index (χ0) is 26.5. The first-order valence-electron chi connectivity index (χ1n) is 11.3. The van der Waals surface area contributed by atoms with Gasteiger partial charge in [-0.3, -0.25) is 14.1 Å². The van der Waals surface area contributed by atoms with E-state index in [-0.39, 0.29) is 57.5 Å². The van der Waals surface area contributed by atoms with Crippen molar-refractivity contribution in [2.24, 2.45) is 0 Å². The van der Waals surface area contributed by atoms with Crippen molar-refractivity contribution in [3.05, 3.63) is 106 Å². The maximum Gasteiger partial charge on any atom is 0.296 e. The normalized spacial score (nSPS) is 12.4. The number of carbonyl (C=O) groups excluding carboxylic acids is 2. The molecule has 0 fully saturated rings. The van der Waals surface area contributed by atoms with E-state index < -0.39 is 32.3 Å². The summed E-state index contributed by atoms with van der Waals surface area (Å²) in [6, 6.07) is 20.9. The van der Waals surface area contributed by atoms with Gasteiger partial charge in [-0.15, -0.1) is 0 Å². The van der Waals surface area contributed by atoms with Gasteiger partial charge >= 0.3 is 0 Å². The van der Waals surface area contributed by atoms with Crippen LogP contribution in [0.4, 0.5) is 17.1 Å². The number of ketones is 2. The van der Waals surface area contributed by atoms with Crippen molar-refractivity contribution in [1.82, 2.24) is 0 Å². The van der Waals surface area contributed by atoms with E-state index >= 15 is 0 Å². The molecule has 1 aliphatic rings. The van der Waals surface area contributed by atoms with E-state index in [9.17, 15) is 22.6 Å². The number of anilines is 3. The number of fused-ring (bicyclic) bond motifs is 2. The molecule has 187 valence electrons. The van der Waals surface area contributed by atoms with Crippen molar-refractivity contribution < 1.29 is 22.6 Å². The van der Waals surface area contributed by atoms with Gasteiger partial charge in [-0.05, 0) is 55.8 Å². The van der Waals surface area contributed by atoms with Gasteiger partial charge in [0.2, 0.25) is 0 Å². The van der Waals surface area contributed by atoms with Crippen molar-refractivity contribution in [3.8, 4) is 0 Å². The van der Waals surface area contributed by atoms with E-state index in [1.54, 1.807) is 36.0 Å². The maximum atomic E-state index is 13.4. The van der Waals surface area contributed by atoms with Crippen LogP contribution in [0.1, 0.15) is 43.0 Å². The minimum Gasteiger partial charge on any atom is -0.397 e. The summed E-state index contributed by atoms with van der Waals surface area (Å²) in [6.07, 6.45) is 0. The molecule has 0 bridgehead atoms. The first-order chi connectivity index (χ1) is 17.5. The molecule has 7 nitrogen and oxygen atoms in total. The minimum absolute atomic E-state index is 0. The van der Waals surface area contributed by atoms with Crippen LogP contribution in [0.25, 0.3) is 0 Å². The number of carbonyl (C=O) groups is 2. The number of nitrogens with one attached hydrogen (secondary N) is 1. The molecule has 10 heteroatoms. The number of rotatable bonds is 5. The molecule has 4 N–H and O–H groups in total. The molecule has 0 atom stereocenters. The molecule has 38 heavy (non-hydrogen) atoms. The maximum absolute atomic E-state index is 13.4. The molecular formula is C28H22N2NaO5S2. The summed E-state index contributed by atoms with van der Waals surface area (Å²) in [7, 11) is -4.78. The second-order valence-corrected chi connectivity index (χ2v) is 11.3. The van der Waals surface area contributed by atoms with E-state index in [1.807, 2.05) is 19.1 Å². The smallest absolute Gasteiger partial charge is 0.296 e. The Morgan fingerprint density at radius 2 is 1.45 bits per heavy atom. The summed E-state index contributed by atoms with van der Waals surface area (Å²) in [5.41, 5.74) is 8.57. The van der Waals surface area contributed by atoms with Crippen molar-refractivity contribution in [1.29, 1.82) is 0 Å². The van der Waals surface area contributed by atoms with Gasteiger partial charge in [-0.25, -0.2) is 0 Å². The fourth-order valence-electron chi connectivity index (χ4n) is 4.41. The largest absolute Gasteiger partial charge is 0.397 e. The molecule has 0 heterocycles. The molecule has 0 spiro atoms. The van der Waals surface area contributed by atoms with Crippen molar-refractivity contribution >= 4 is 80.1 Å². The number of hydrogen-bond acceptors (Lipinski definition) is 7. The summed E-state index contributed by atoms with van der Waals surface area (Å²) in [5.74, 6) is -1.06. The van der Waals surface area contributed by atoms with Crippen molar-refractivity contribution in [2.75, 3.05) is 11.1 Å². The number of benzene rings is 4. The summed E-state index contributed by atoms with van der Waals surface area (Å²) in [4.78, 5) is 28.2. The summed E-state index contributed by atoms with van der Waals surface area (Å²) in [5, 5.41) is 3.05. The Hall–Kier alpha value is -2.92. The summed E-state index contributed by atoms with van der Waals surface area (Å²) < 4.78 is 34.0. The van der Waals surface area contributed by atoms with Gasteiger partial charge in [-0.1, -0.05) is 53.7 Å². The van der Waals surface area contributed by atoms with Gasteiger partial charge in [0.15, 0.2) is 11.6 Å². The van der Waals surface area contributed by atoms with E-state index in [0.29, 0.717) is 5.69 Å². The van der Waals surface area contributed by atoms with Crippen LogP contribution in [-0.4, -0.2) is 54.1 Å². The zero-order valence-electron chi connectivity index (χ0n) is 20.9. The van der Waals surface area contributed by atoms with Crippen LogP contribution >= 0.6 is 11.8 Å². The van der Waals surface area contributed by atoms with E-state index in [4.69, 9.17) is 5.73 Å². The first kappa shape index (κ1) is 28.1. The SMILES string of the molecule is Cc1ccc(Sc2ccc(Nc3cc(S(=O)(=O)O)c(N)c4c3C(=O)c3ccccc3C4=O)cc2)c(C)c1.[Na]. The van der Waals surface area contributed by atoms with Crippen LogP contribution in [0.15, 0.2) is 87.5 Å². The fourth-order valence-corrected chi connectivity index (χ4v) is 5.94. The molecule has 0 amide bonds. The van der Waals surface area contributed by atoms with Gasteiger partial charge in [0.25, 0.3) is 10.1 Å². The van der Waals surface area contributed by atoms with Crippen LogP contribution < -0.4 is 11.1 Å². The predicted octanol–water partition coefficient (Wildman–Crippen LogP) is 5.42. The molecule has 0 saturated heterocycles. The Bertz CT molecular complexity index is 1720. The third-order valence-electron chi connectivity index (χ3n) is 6.17. The average Bonchev–Trinajstić information content (AvgIpc) is 2.85. The van der Waals surface area contributed by atoms with Crippen LogP contribution in [0.2, 0.25) is 0 Å². The van der Waals surface area contributed by atoms with Gasteiger partial charge in [0, 0.05) is 56.2 Å². The predicted molar refractivity (Wildman–Crippen MR) is 149 cm³/mol. The molecule has 0 aliphatic heterocycles. The average molecular weight is 554 g/mol. The third-order valence-corrected chi connectivity index (χ3v) is 8.25. The second kappa shape index (κ2) is 10.7. The standard InChI is InChI=1S/C28H22N2O5S2.Na/c1-15-7-12-22(16(2)13-15)36-18-10-8-17(9-11-18)30-21-14-23(37(33,34)35)26(29)25-24(21)27(31)19-5-3-4-6-20(19)28(25)32;/h3-14,30H,29H2,1-2H3,(H,33,34,35);. The monoisotopic (exact) mass is 553 g/mol. The molecule has 1 aliphatic carbocycles. The molecule has 5 rings (SSSR count). The molecule has 4 aromatic carbocycles. The van der Waals surface area contributed by atoms with Gasteiger partial charge in [-0.2, -0.15) is 8.42 Å². The number of hydrogen-bond donors (Lipinski definition) is 3. The fraction of sp³-hybridized carbons (Fsp3) is 0.0714. The van der Waals surface area contributed by atoms with Crippen LogP contribution in [0, 0.1) is 13.8 Å². The van der Waals surface area contributed by atoms with Crippen molar-refractivity contribution in [3.63, 3.8) is 0 Å². The summed E-state index contributed by atoms with van der Waals surface area (Å²) in [6.45, 7) is 4.10. The van der Waals surface area contributed by atoms with Gasteiger partial charge < -0.3 is 11.1 Å². The number of nitrogen functional groups attached to an aromatic ring is 1. The van der Waals surface area contributed by atoms with Crippen LogP contribution in [-0.2, 0) is 10.1 Å². The first-order valence-corrected chi connectivity index (χ1v) is 13.5. The van der Waals surface area contributed by atoms with Crippen molar-refractivity contribution in [2.45, 2.75) is 28.5 Å². The Morgan fingerprint density at radius 3 is 2.03 bits per heavy atom. The van der Waals surface area contributed by atoms with Crippen LogP contribution in [0.3, 0.4) is 0 Å². The quantitative estimate of drug-likeness (QED) is 0.150. The van der Waals surface area contributed by atoms with E-state index in [2.05, 4.69) is 30.4 Å². The van der Waals surface area contributed by atoms with Crippen LogP contribution in [0.5, 0.6) is 0 Å². The molecule has 4 aromatic rings. The number of aryl methyl sites for hydroxylation is 2. The Labute approximate surface area is 246 Å². The summed E-state index contributed by atoms with van der Waals surface area (Å²) >= 11 is 1.61. The van der Waals surface area contributed by atoms with E-state index in [1.165, 1.54) is 23.3 Å². The zero-order valence-corrected chi connectivity index (χ0v) is 24.5. The molecule has 0 saturated carbocycles. The Balaban J connectivity index is 0.00000336. The third kappa shape index (κ3) is 5.18. The molecule has 0 unspecified atom stereocenters. The van der Waals surface area contributed by atoms with Gasteiger partial charge in [0.1, 0.15) is 4.90 Å². The minimum atomic E-state index is -4.78. The van der Waals surface area contributed by atoms with E-state index in [0.717, 1.165) is 15.9 Å². The topological polar surface area (TPSA) is 127 Å². The Kier molecular flexibility index (Phi) is 7.90.